The monoisotopic (exact) mass is 359 g/mol. The van der Waals surface area contributed by atoms with E-state index in [9.17, 15) is 13.2 Å². The van der Waals surface area contributed by atoms with Crippen molar-refractivity contribution in [2.45, 2.75) is 52.0 Å². The summed E-state index contributed by atoms with van der Waals surface area (Å²) in [5.74, 6) is 1.37. The lowest BCUT2D eigenvalue weighted by Gasteiger charge is -2.37. The predicted octanol–water partition coefficient (Wildman–Crippen LogP) is 1.28. The molecule has 2 fully saturated rings. The van der Waals surface area contributed by atoms with Crippen LogP contribution in [0.2, 0.25) is 0 Å². The maximum absolute atomic E-state index is 12.6. The molecule has 2 aliphatic heterocycles. The van der Waals surface area contributed by atoms with E-state index in [1.807, 2.05) is 4.90 Å². The average Bonchev–Trinajstić information content (AvgIpc) is 2.61. The van der Waals surface area contributed by atoms with E-state index in [0.717, 1.165) is 25.9 Å². The molecule has 1 amide bonds. The van der Waals surface area contributed by atoms with E-state index in [2.05, 4.69) is 12.2 Å². The van der Waals surface area contributed by atoms with Gasteiger partial charge < -0.3 is 10.2 Å². The molecule has 2 saturated heterocycles. The molecule has 0 aliphatic carbocycles. The zero-order chi connectivity index (χ0) is 17.7. The van der Waals surface area contributed by atoms with Gasteiger partial charge in [0.25, 0.3) is 0 Å². The number of carbonyl (C=O) groups excluding carboxylic acids is 1. The number of nitrogens with zero attached hydrogens (tertiary/aromatic N) is 2. The van der Waals surface area contributed by atoms with Crippen LogP contribution >= 0.6 is 0 Å². The molecule has 0 saturated carbocycles. The molecule has 0 aromatic rings. The van der Waals surface area contributed by atoms with Crippen LogP contribution in [0.3, 0.4) is 0 Å². The van der Waals surface area contributed by atoms with Gasteiger partial charge >= 0.3 is 0 Å². The molecule has 2 rings (SSSR count). The second kappa shape index (κ2) is 8.63. The van der Waals surface area contributed by atoms with Crippen LogP contribution < -0.4 is 5.32 Å². The van der Waals surface area contributed by atoms with Gasteiger partial charge in [0, 0.05) is 32.6 Å². The van der Waals surface area contributed by atoms with E-state index in [0.29, 0.717) is 31.3 Å². The molecule has 0 bridgehead atoms. The molecule has 2 heterocycles. The maximum atomic E-state index is 12.6. The topological polar surface area (TPSA) is 69.7 Å². The Hall–Kier alpha value is -0.660. The van der Waals surface area contributed by atoms with Crippen molar-refractivity contribution < 1.29 is 13.2 Å². The first-order valence-electron chi connectivity index (χ1n) is 9.29. The van der Waals surface area contributed by atoms with Crippen molar-refractivity contribution in [3.8, 4) is 0 Å². The Morgan fingerprint density at radius 3 is 2.50 bits per heavy atom. The molecule has 2 aliphatic rings. The van der Waals surface area contributed by atoms with Gasteiger partial charge in [0.2, 0.25) is 15.9 Å². The standard InChI is InChI=1S/C17H33N3O3S/c1-4-24(22,23)19(3)16-7-10-20(11-8-16)17(21)12-14(2)15-6-5-9-18-13-15/h14-16,18H,4-13H2,1-3H3. The van der Waals surface area contributed by atoms with Crippen molar-refractivity contribution in [2.24, 2.45) is 11.8 Å². The van der Waals surface area contributed by atoms with Crippen LogP contribution in [0.4, 0.5) is 0 Å². The van der Waals surface area contributed by atoms with Gasteiger partial charge in [-0.25, -0.2) is 12.7 Å². The summed E-state index contributed by atoms with van der Waals surface area (Å²) in [6.45, 7) is 7.32. The molecule has 1 N–H and O–H groups in total. The van der Waals surface area contributed by atoms with Crippen LogP contribution in [0.25, 0.3) is 0 Å². The Morgan fingerprint density at radius 1 is 1.29 bits per heavy atom. The van der Waals surface area contributed by atoms with Crippen LogP contribution in [-0.2, 0) is 14.8 Å². The van der Waals surface area contributed by atoms with Gasteiger partial charge in [-0.1, -0.05) is 6.92 Å². The number of sulfonamides is 1. The molecule has 0 aromatic heterocycles. The van der Waals surface area contributed by atoms with Crippen molar-refractivity contribution in [1.82, 2.24) is 14.5 Å². The minimum absolute atomic E-state index is 0.0268. The first-order chi connectivity index (χ1) is 11.3. The lowest BCUT2D eigenvalue weighted by atomic mass is 9.85. The number of nitrogens with one attached hydrogen (secondary N) is 1. The second-order valence-corrected chi connectivity index (χ2v) is 9.63. The molecular formula is C17H33N3O3S. The third kappa shape index (κ3) is 4.92. The molecule has 0 spiro atoms. The Morgan fingerprint density at radius 2 is 1.96 bits per heavy atom. The van der Waals surface area contributed by atoms with E-state index in [1.165, 1.54) is 17.1 Å². The van der Waals surface area contributed by atoms with E-state index < -0.39 is 10.0 Å². The molecule has 6 nitrogen and oxygen atoms in total. The molecule has 2 unspecified atom stereocenters. The fourth-order valence-electron chi connectivity index (χ4n) is 3.85. The highest BCUT2D eigenvalue weighted by Crippen LogP contribution is 2.25. The highest BCUT2D eigenvalue weighted by Gasteiger charge is 2.31. The van der Waals surface area contributed by atoms with Gasteiger partial charge in [0.15, 0.2) is 0 Å². The van der Waals surface area contributed by atoms with Crippen LogP contribution in [0.15, 0.2) is 0 Å². The first-order valence-corrected chi connectivity index (χ1v) is 10.9. The highest BCUT2D eigenvalue weighted by atomic mass is 32.2. The van der Waals surface area contributed by atoms with Gasteiger partial charge in [-0.05, 0) is 57.5 Å². The third-order valence-corrected chi connectivity index (χ3v) is 7.68. The van der Waals surface area contributed by atoms with Gasteiger partial charge in [0.05, 0.1) is 5.75 Å². The smallest absolute Gasteiger partial charge is 0.222 e. The molecule has 7 heteroatoms. The van der Waals surface area contributed by atoms with Crippen LogP contribution in [-0.4, -0.2) is 68.6 Å². The number of carbonyl (C=O) groups is 1. The Kier molecular flexibility index (Phi) is 7.07. The number of amides is 1. The summed E-state index contributed by atoms with van der Waals surface area (Å²) in [7, 11) is -1.48. The van der Waals surface area contributed by atoms with E-state index in [-0.39, 0.29) is 17.7 Å². The van der Waals surface area contributed by atoms with E-state index in [1.54, 1.807) is 14.0 Å². The number of hydrogen-bond acceptors (Lipinski definition) is 4. The van der Waals surface area contributed by atoms with Gasteiger partial charge in [-0.15, -0.1) is 0 Å². The fraction of sp³-hybridized carbons (Fsp3) is 0.941. The molecule has 140 valence electrons. The zero-order valence-electron chi connectivity index (χ0n) is 15.3. The summed E-state index contributed by atoms with van der Waals surface area (Å²) in [5, 5.41) is 3.42. The molecule has 24 heavy (non-hydrogen) atoms. The Balaban J connectivity index is 1.80. The van der Waals surface area contributed by atoms with Crippen molar-refractivity contribution in [2.75, 3.05) is 39.0 Å². The minimum atomic E-state index is -3.15. The summed E-state index contributed by atoms with van der Waals surface area (Å²) in [5.41, 5.74) is 0. The second-order valence-electron chi connectivity index (χ2n) is 7.32. The normalized spacial score (nSPS) is 25.0. The van der Waals surface area contributed by atoms with Gasteiger partial charge in [-0.3, -0.25) is 4.79 Å². The summed E-state index contributed by atoms with van der Waals surface area (Å²) in [6.07, 6.45) is 4.50. The molecule has 0 aromatic carbocycles. The van der Waals surface area contributed by atoms with Crippen LogP contribution in [0.5, 0.6) is 0 Å². The number of piperidine rings is 2. The van der Waals surface area contributed by atoms with Crippen molar-refractivity contribution in [3.05, 3.63) is 0 Å². The predicted molar refractivity (Wildman–Crippen MR) is 96.2 cm³/mol. The molecule has 0 radical (unpaired) electrons. The SMILES string of the molecule is CCS(=O)(=O)N(C)C1CCN(C(=O)CC(C)C2CCCNC2)CC1. The summed E-state index contributed by atoms with van der Waals surface area (Å²) < 4.78 is 25.5. The largest absolute Gasteiger partial charge is 0.343 e. The lowest BCUT2D eigenvalue weighted by Crippen LogP contribution is -2.48. The number of hydrogen-bond donors (Lipinski definition) is 1. The highest BCUT2D eigenvalue weighted by molar-refractivity contribution is 7.89. The zero-order valence-corrected chi connectivity index (χ0v) is 16.1. The van der Waals surface area contributed by atoms with Gasteiger partial charge in [0.1, 0.15) is 0 Å². The average molecular weight is 360 g/mol. The van der Waals surface area contributed by atoms with Crippen molar-refractivity contribution in [3.63, 3.8) is 0 Å². The Bertz CT molecular complexity index is 509. The van der Waals surface area contributed by atoms with E-state index >= 15 is 0 Å². The molecule has 2 atom stereocenters. The lowest BCUT2D eigenvalue weighted by molar-refractivity contribution is -0.133. The van der Waals surface area contributed by atoms with Crippen LogP contribution in [0.1, 0.15) is 46.0 Å². The summed E-state index contributed by atoms with van der Waals surface area (Å²) in [6, 6.07) is 0.0268. The van der Waals surface area contributed by atoms with Crippen LogP contribution in [0, 0.1) is 11.8 Å². The van der Waals surface area contributed by atoms with Gasteiger partial charge in [-0.2, -0.15) is 0 Å². The maximum Gasteiger partial charge on any atom is 0.222 e. The first kappa shape index (κ1) is 19.7. The quantitative estimate of drug-likeness (QED) is 0.776. The van der Waals surface area contributed by atoms with E-state index in [4.69, 9.17) is 0 Å². The molecular weight excluding hydrogens is 326 g/mol. The van der Waals surface area contributed by atoms with Crippen molar-refractivity contribution in [1.29, 1.82) is 0 Å². The number of rotatable bonds is 6. The summed E-state index contributed by atoms with van der Waals surface area (Å²) in [4.78, 5) is 14.5. The summed E-state index contributed by atoms with van der Waals surface area (Å²) >= 11 is 0. The van der Waals surface area contributed by atoms with Crippen molar-refractivity contribution >= 4 is 15.9 Å². The fourth-order valence-corrected chi connectivity index (χ4v) is 4.92. The third-order valence-electron chi connectivity index (χ3n) is 5.77. The Labute approximate surface area is 147 Å². The number of likely N-dealkylation sites (tertiary alicyclic amines) is 1. The minimum Gasteiger partial charge on any atom is -0.343 e.